The van der Waals surface area contributed by atoms with Gasteiger partial charge in [0.15, 0.2) is 0 Å². The molecule has 4 rings (SSSR count). The fourth-order valence-corrected chi connectivity index (χ4v) is 4.25. The van der Waals surface area contributed by atoms with Crippen molar-refractivity contribution in [3.63, 3.8) is 0 Å². The molecule has 3 aromatic carbocycles. The number of aliphatic hydroxyl groups excluding tert-OH is 1. The van der Waals surface area contributed by atoms with Crippen molar-refractivity contribution in [3.05, 3.63) is 91.9 Å². The highest BCUT2D eigenvalue weighted by Crippen LogP contribution is 2.49. The van der Waals surface area contributed by atoms with Gasteiger partial charge in [-0.15, -0.1) is 0 Å². The van der Waals surface area contributed by atoms with Gasteiger partial charge in [-0.3, -0.25) is 0 Å². The second-order valence-electron chi connectivity index (χ2n) is 6.99. The number of hydrogen-bond acceptors (Lipinski definition) is 2. The molecule has 31 heavy (non-hydrogen) atoms. The fraction of sp³-hybridized carbons (Fsp3) is 0.231. The van der Waals surface area contributed by atoms with Gasteiger partial charge in [-0.25, -0.2) is 0 Å². The van der Waals surface area contributed by atoms with E-state index in [1.165, 1.54) is 6.07 Å². The Kier molecular flexibility index (Phi) is 4.31. The van der Waals surface area contributed by atoms with Gasteiger partial charge in [0.25, 0.3) is 0 Å². The van der Waals surface area contributed by atoms with Gasteiger partial charge in [-0.1, -0.05) is 66.2 Å². The highest BCUT2D eigenvalue weighted by Gasteiger charge is 2.29. The molecule has 160 valence electrons. The Labute approximate surface area is 211 Å². The van der Waals surface area contributed by atoms with Crippen LogP contribution >= 0.6 is 34.8 Å². The largest absolute Gasteiger partial charge is 0.387 e. The first-order chi connectivity index (χ1) is 18.4. The summed E-state index contributed by atoms with van der Waals surface area (Å²) in [4.78, 5) is 0. The smallest absolute Gasteiger partial charge is 0.0921 e. The third kappa shape index (κ3) is 4.84. The van der Waals surface area contributed by atoms with Crippen LogP contribution in [0.4, 0.5) is 0 Å². The van der Waals surface area contributed by atoms with E-state index >= 15 is 0 Å². The zero-order valence-corrected chi connectivity index (χ0v) is 18.4. The molecule has 1 aliphatic rings. The average molecular weight is 482 g/mol. The molecular weight excluding hydrogens is 449 g/mol. The van der Waals surface area contributed by atoms with Crippen molar-refractivity contribution in [2.45, 2.75) is 25.7 Å². The minimum Gasteiger partial charge on any atom is -0.387 e. The summed E-state index contributed by atoms with van der Waals surface area (Å²) < 4.78 is 70.0. The third-order valence-electron chi connectivity index (χ3n) is 5.01. The maximum Gasteiger partial charge on any atom is 0.0921 e. The Morgan fingerprint density at radius 1 is 0.968 bits per heavy atom. The molecule has 0 bridgehead atoms. The number of fused-ring (bicyclic) bond motifs is 3. The number of rotatable bonds is 7. The normalized spacial score (nSPS) is 20.6. The molecule has 0 amide bonds. The lowest BCUT2D eigenvalue weighted by molar-refractivity contribution is 0.175. The quantitative estimate of drug-likeness (QED) is 0.284. The van der Waals surface area contributed by atoms with E-state index in [4.69, 9.17) is 47.1 Å². The molecule has 0 fully saturated rings. The molecule has 0 heterocycles. The molecule has 0 saturated heterocycles. The Morgan fingerprint density at radius 3 is 2.48 bits per heavy atom. The van der Waals surface area contributed by atoms with Crippen molar-refractivity contribution in [1.29, 1.82) is 0 Å². The first kappa shape index (κ1) is 13.7. The van der Waals surface area contributed by atoms with Crippen LogP contribution in [0.2, 0.25) is 15.1 Å². The van der Waals surface area contributed by atoms with Crippen LogP contribution in [-0.4, -0.2) is 18.1 Å². The van der Waals surface area contributed by atoms with Crippen LogP contribution < -0.4 is 5.32 Å². The van der Waals surface area contributed by atoms with Crippen molar-refractivity contribution in [2.75, 3.05) is 13.0 Å². The fourth-order valence-electron chi connectivity index (χ4n) is 3.72. The Bertz CT molecular complexity index is 1470. The van der Waals surface area contributed by atoms with Crippen molar-refractivity contribution < 1.29 is 17.4 Å². The molecule has 2 nitrogen and oxygen atoms in total. The molecular formula is C26H24Cl3NO. The summed E-state index contributed by atoms with van der Waals surface area (Å²) >= 11 is 18.8. The zero-order valence-electron chi connectivity index (χ0n) is 25.1. The van der Waals surface area contributed by atoms with Crippen molar-refractivity contribution in [3.8, 4) is 11.1 Å². The van der Waals surface area contributed by atoms with E-state index in [2.05, 4.69) is 5.32 Å². The van der Waals surface area contributed by atoms with Gasteiger partial charge in [0.2, 0.25) is 0 Å². The summed E-state index contributed by atoms with van der Waals surface area (Å²) in [5.74, 6) is 0. The Morgan fingerprint density at radius 2 is 1.71 bits per heavy atom. The van der Waals surface area contributed by atoms with Gasteiger partial charge in [-0.05, 0) is 94.3 Å². The highest BCUT2D eigenvalue weighted by atomic mass is 35.5. The lowest BCUT2D eigenvalue weighted by Gasteiger charge is -2.17. The molecule has 0 aliphatic heterocycles. The predicted octanol–water partition coefficient (Wildman–Crippen LogP) is 7.64. The number of hydrogen-bond donors (Lipinski definition) is 2. The van der Waals surface area contributed by atoms with Crippen molar-refractivity contribution >= 4 is 46.5 Å². The minimum absolute atomic E-state index is 0.283. The van der Waals surface area contributed by atoms with Crippen LogP contribution in [0.5, 0.6) is 0 Å². The molecule has 5 heteroatoms. The standard InChI is InChI=1S/C26H24Cl3NO/c1-2-3-10-30-15-25(31)24-14-19(29)13-23-21(11-16-4-6-17(27)7-5-16)22-12-18(28)8-9-20(22)26(23)24/h4-9,11-14,25,30-31H,2-3,10,15H2,1H3/i1D3,2D2,3D2,10D2. The molecule has 1 aliphatic carbocycles. The molecule has 2 N–H and O–H groups in total. The lowest BCUT2D eigenvalue weighted by Crippen LogP contribution is -2.22. The van der Waals surface area contributed by atoms with Gasteiger partial charge >= 0.3 is 0 Å². The van der Waals surface area contributed by atoms with Crippen LogP contribution in [0.3, 0.4) is 0 Å². The number of benzene rings is 3. The highest BCUT2D eigenvalue weighted by molar-refractivity contribution is 6.32. The monoisotopic (exact) mass is 480 g/mol. The predicted molar refractivity (Wildman–Crippen MR) is 133 cm³/mol. The maximum absolute atomic E-state index is 11.2. The average Bonchev–Trinajstić information content (AvgIpc) is 3.14. The van der Waals surface area contributed by atoms with Gasteiger partial charge in [-0.2, -0.15) is 0 Å². The maximum atomic E-state index is 11.2. The van der Waals surface area contributed by atoms with E-state index in [1.807, 2.05) is 18.2 Å². The molecule has 1 unspecified atom stereocenters. The number of halogens is 3. The van der Waals surface area contributed by atoms with E-state index in [9.17, 15) is 5.11 Å². The van der Waals surface area contributed by atoms with Crippen LogP contribution in [0, 0.1) is 0 Å². The second-order valence-corrected chi connectivity index (χ2v) is 8.30. The Hall–Kier alpha value is -1.81. The number of nitrogens with one attached hydrogen (secondary N) is 1. The van der Waals surface area contributed by atoms with Crippen LogP contribution in [0.1, 0.15) is 60.3 Å². The molecule has 0 saturated carbocycles. The van der Waals surface area contributed by atoms with Crippen molar-refractivity contribution in [1.82, 2.24) is 5.32 Å². The summed E-state index contributed by atoms with van der Waals surface area (Å²) in [7, 11) is 0. The minimum atomic E-state index is -3.53. The van der Waals surface area contributed by atoms with Gasteiger partial charge in [0.1, 0.15) is 0 Å². The molecule has 0 radical (unpaired) electrons. The van der Waals surface area contributed by atoms with E-state index in [0.717, 1.165) is 22.3 Å². The van der Waals surface area contributed by atoms with E-state index in [1.54, 1.807) is 36.4 Å². The number of aliphatic hydroxyl groups is 1. The van der Waals surface area contributed by atoms with Crippen LogP contribution in [0.25, 0.3) is 22.8 Å². The first-order valence-corrected chi connectivity index (χ1v) is 10.6. The van der Waals surface area contributed by atoms with Crippen LogP contribution in [0.15, 0.2) is 54.6 Å². The molecule has 1 atom stereocenters. The van der Waals surface area contributed by atoms with Gasteiger partial charge in [0.05, 0.1) is 6.10 Å². The second kappa shape index (κ2) is 9.77. The Balaban J connectivity index is 1.75. The van der Waals surface area contributed by atoms with Crippen LogP contribution in [-0.2, 0) is 0 Å². The van der Waals surface area contributed by atoms with E-state index in [0.29, 0.717) is 26.7 Å². The topological polar surface area (TPSA) is 32.3 Å². The summed E-state index contributed by atoms with van der Waals surface area (Å²) in [5.41, 5.74) is 4.75. The van der Waals surface area contributed by atoms with E-state index in [-0.39, 0.29) is 5.02 Å². The first-order valence-electron chi connectivity index (χ1n) is 13.9. The zero-order chi connectivity index (χ0) is 29.8. The van der Waals surface area contributed by atoms with Crippen molar-refractivity contribution in [2.24, 2.45) is 0 Å². The molecule has 3 aromatic rings. The lowest BCUT2D eigenvalue weighted by atomic mass is 9.95. The summed E-state index contributed by atoms with van der Waals surface area (Å²) in [6.45, 7) is -7.18. The van der Waals surface area contributed by atoms with Gasteiger partial charge < -0.3 is 10.4 Å². The molecule has 0 spiro atoms. The molecule has 0 aromatic heterocycles. The van der Waals surface area contributed by atoms with E-state index < -0.39 is 38.7 Å². The summed E-state index contributed by atoms with van der Waals surface area (Å²) in [6, 6.07) is 15.7. The van der Waals surface area contributed by atoms with Gasteiger partial charge in [0, 0.05) is 33.9 Å². The third-order valence-corrected chi connectivity index (χ3v) is 5.72. The SMILES string of the molecule is [2H]C([2H])([2H])C([2H])([2H])C([2H])([2H])C([2H])([2H])NCC(O)c1cc(Cl)cc2c1-c1ccc(Cl)cc1C2=Cc1ccc(Cl)cc1. The summed E-state index contributed by atoms with van der Waals surface area (Å²) in [6.07, 6.45) is -6.53. The summed E-state index contributed by atoms with van der Waals surface area (Å²) in [5, 5.41) is 14.8.